The third-order valence-electron chi connectivity index (χ3n) is 16.3. The summed E-state index contributed by atoms with van der Waals surface area (Å²) in [6.07, 6.45) is 43.2. The third kappa shape index (κ3) is 64.8. The Morgan fingerprint density at radius 2 is 0.467 bits per heavy atom. The Balaban J connectivity index is 5.24. The number of unbranched alkanes of at least 4 members (excludes halogenated alkanes) is 34. The van der Waals surface area contributed by atoms with Crippen LogP contribution in [0.1, 0.15) is 351 Å². The van der Waals surface area contributed by atoms with E-state index in [0.717, 1.165) is 114 Å². The normalized spacial score (nSPS) is 14.3. The maximum Gasteiger partial charge on any atom is 0.472 e. The topological polar surface area (TPSA) is 237 Å². The van der Waals surface area contributed by atoms with Gasteiger partial charge in [0.15, 0.2) is 12.2 Å². The van der Waals surface area contributed by atoms with E-state index in [9.17, 15) is 43.2 Å². The van der Waals surface area contributed by atoms with Gasteiger partial charge in [0.2, 0.25) is 0 Å². The highest BCUT2D eigenvalue weighted by molar-refractivity contribution is 7.47. The molecule has 3 N–H and O–H groups in total. The predicted molar refractivity (Wildman–Crippen MR) is 363 cm³/mol. The molecule has 0 radical (unpaired) electrons. The van der Waals surface area contributed by atoms with Gasteiger partial charge < -0.3 is 33.8 Å². The lowest BCUT2D eigenvalue weighted by Gasteiger charge is -2.21. The SMILES string of the molecule is CC(C)CCCCCCCCCCCCCCCC(=O)OC[C@H](COP(=O)(O)OC[C@@H](O)COP(=O)(O)OC[C@@H](COC(=O)CCCCCCCCC(C)C)OC(=O)CCCCCCCCCCC(C)C)OC(=O)CCCCCCCCCCCCCC(C)C. The van der Waals surface area contributed by atoms with Gasteiger partial charge >= 0.3 is 39.5 Å². The fourth-order valence-electron chi connectivity index (χ4n) is 10.7. The molecule has 0 aliphatic heterocycles. The highest BCUT2D eigenvalue weighted by Crippen LogP contribution is 2.45. The van der Waals surface area contributed by atoms with Gasteiger partial charge in [-0.25, -0.2) is 9.13 Å². The summed E-state index contributed by atoms with van der Waals surface area (Å²) >= 11 is 0. The van der Waals surface area contributed by atoms with Crippen molar-refractivity contribution >= 4 is 39.5 Å². The zero-order valence-corrected chi connectivity index (χ0v) is 60.6. The number of aliphatic hydroxyl groups is 1. The number of carbonyl (C=O) groups is 4. The third-order valence-corrected chi connectivity index (χ3v) is 18.2. The van der Waals surface area contributed by atoms with Crippen molar-refractivity contribution < 1.29 is 80.2 Å². The van der Waals surface area contributed by atoms with Crippen LogP contribution in [0.25, 0.3) is 0 Å². The zero-order chi connectivity index (χ0) is 66.8. The van der Waals surface area contributed by atoms with Crippen LogP contribution in [0.15, 0.2) is 0 Å². The first-order valence-electron chi connectivity index (χ1n) is 36.7. The second-order valence-electron chi connectivity index (χ2n) is 27.5. The van der Waals surface area contributed by atoms with Gasteiger partial charge in [-0.05, 0) is 49.4 Å². The van der Waals surface area contributed by atoms with Crippen molar-refractivity contribution in [3.8, 4) is 0 Å². The second-order valence-corrected chi connectivity index (χ2v) is 30.4. The van der Waals surface area contributed by atoms with E-state index in [4.69, 9.17) is 37.0 Å². The average molecular weight is 1330 g/mol. The van der Waals surface area contributed by atoms with Crippen molar-refractivity contribution in [2.24, 2.45) is 23.7 Å². The van der Waals surface area contributed by atoms with Gasteiger partial charge in [0.05, 0.1) is 26.4 Å². The summed E-state index contributed by atoms with van der Waals surface area (Å²) < 4.78 is 68.3. The molecule has 0 amide bonds. The van der Waals surface area contributed by atoms with Gasteiger partial charge in [-0.3, -0.25) is 37.3 Å². The number of ether oxygens (including phenoxy) is 4. The van der Waals surface area contributed by atoms with E-state index in [1.165, 1.54) is 148 Å². The summed E-state index contributed by atoms with van der Waals surface area (Å²) in [5.41, 5.74) is 0. The van der Waals surface area contributed by atoms with Crippen LogP contribution in [0.4, 0.5) is 0 Å². The van der Waals surface area contributed by atoms with E-state index in [1.54, 1.807) is 0 Å². The number of phosphoric acid groups is 2. The molecule has 0 aliphatic rings. The number of aliphatic hydroxyl groups excluding tert-OH is 1. The molecule has 0 aliphatic carbocycles. The van der Waals surface area contributed by atoms with E-state index in [0.29, 0.717) is 31.6 Å². The van der Waals surface area contributed by atoms with Crippen LogP contribution in [0.2, 0.25) is 0 Å². The first-order valence-corrected chi connectivity index (χ1v) is 39.7. The maximum atomic E-state index is 13.0. The van der Waals surface area contributed by atoms with E-state index >= 15 is 0 Å². The minimum absolute atomic E-state index is 0.103. The molecule has 534 valence electrons. The van der Waals surface area contributed by atoms with Crippen LogP contribution in [0, 0.1) is 23.7 Å². The molecule has 0 fully saturated rings. The molecule has 0 aromatic carbocycles. The Kier molecular flexibility index (Phi) is 59.4. The summed E-state index contributed by atoms with van der Waals surface area (Å²) in [6.45, 7) is 14.1. The van der Waals surface area contributed by atoms with Crippen molar-refractivity contribution in [1.29, 1.82) is 0 Å². The second kappa shape index (κ2) is 60.7. The van der Waals surface area contributed by atoms with E-state index < -0.39 is 97.5 Å². The molecule has 5 atom stereocenters. The molecule has 0 saturated carbocycles. The van der Waals surface area contributed by atoms with Crippen molar-refractivity contribution in [2.45, 2.75) is 369 Å². The lowest BCUT2D eigenvalue weighted by Crippen LogP contribution is -2.30. The minimum atomic E-state index is -4.95. The lowest BCUT2D eigenvalue weighted by atomic mass is 10.0. The molecule has 2 unspecified atom stereocenters. The van der Waals surface area contributed by atoms with E-state index in [1.807, 2.05) is 0 Å². The summed E-state index contributed by atoms with van der Waals surface area (Å²) in [5.74, 6) is 0.823. The van der Waals surface area contributed by atoms with E-state index in [-0.39, 0.29) is 25.7 Å². The van der Waals surface area contributed by atoms with Crippen LogP contribution >= 0.6 is 15.6 Å². The van der Waals surface area contributed by atoms with Crippen LogP contribution in [0.3, 0.4) is 0 Å². The van der Waals surface area contributed by atoms with Gasteiger partial charge in [-0.2, -0.15) is 0 Å². The number of rotatable bonds is 68. The number of esters is 4. The van der Waals surface area contributed by atoms with Crippen LogP contribution in [-0.4, -0.2) is 96.7 Å². The van der Waals surface area contributed by atoms with Gasteiger partial charge in [-0.1, -0.05) is 299 Å². The van der Waals surface area contributed by atoms with Crippen LogP contribution in [-0.2, 0) is 65.4 Å². The largest absolute Gasteiger partial charge is 0.472 e. The molecule has 90 heavy (non-hydrogen) atoms. The molecule has 17 nitrogen and oxygen atoms in total. The molecule has 0 bridgehead atoms. The summed E-state index contributed by atoms with van der Waals surface area (Å²) in [6, 6.07) is 0. The Hall–Kier alpha value is -1.94. The Morgan fingerprint density at radius 1 is 0.278 bits per heavy atom. The van der Waals surface area contributed by atoms with Crippen LogP contribution < -0.4 is 0 Å². The van der Waals surface area contributed by atoms with Gasteiger partial charge in [0.25, 0.3) is 0 Å². The maximum absolute atomic E-state index is 13.0. The van der Waals surface area contributed by atoms with E-state index in [2.05, 4.69) is 55.4 Å². The molecule has 0 aromatic rings. The van der Waals surface area contributed by atoms with Crippen molar-refractivity contribution in [3.05, 3.63) is 0 Å². The van der Waals surface area contributed by atoms with Crippen LogP contribution in [0.5, 0.6) is 0 Å². The smallest absolute Gasteiger partial charge is 0.462 e. The molecule has 0 saturated heterocycles. The monoisotopic (exact) mass is 1320 g/mol. The minimum Gasteiger partial charge on any atom is -0.462 e. The Morgan fingerprint density at radius 3 is 0.689 bits per heavy atom. The molecule has 0 heterocycles. The van der Waals surface area contributed by atoms with Crippen molar-refractivity contribution in [3.63, 3.8) is 0 Å². The summed E-state index contributed by atoms with van der Waals surface area (Å²) in [7, 11) is -9.90. The molecule has 0 spiro atoms. The average Bonchev–Trinajstić information content (AvgIpc) is 3.48. The number of hydrogen-bond donors (Lipinski definition) is 3. The molecule has 0 aromatic heterocycles. The number of hydrogen-bond acceptors (Lipinski definition) is 15. The quantitative estimate of drug-likeness (QED) is 0.0222. The number of phosphoric ester groups is 2. The fraction of sp³-hybridized carbons (Fsp3) is 0.944. The standard InChI is InChI=1S/C71H138O17P2/c1-61(2)47-39-31-23-17-13-10-9-11-15-19-26-35-43-51-68(73)81-57-66(87-70(75)53-45-37-27-20-16-12-14-18-24-32-40-48-62(3)4)59-85-89(77,78)83-55-65(72)56-84-90(79,80)86-60-67(58-82-69(74)52-44-36-30-29-34-42-50-64(7)8)88-71(76)54-46-38-28-22-21-25-33-41-49-63(5)6/h61-67,72H,9-60H2,1-8H3,(H,77,78)(H,79,80)/t65-,66-,67-/m1/s1. The highest BCUT2D eigenvalue weighted by Gasteiger charge is 2.30. The molecular weight excluding hydrogens is 1190 g/mol. The zero-order valence-electron chi connectivity index (χ0n) is 58.8. The first kappa shape index (κ1) is 88.1. The lowest BCUT2D eigenvalue weighted by molar-refractivity contribution is -0.161. The molecule has 0 rings (SSSR count). The Bertz CT molecular complexity index is 1780. The van der Waals surface area contributed by atoms with Crippen molar-refractivity contribution in [1.82, 2.24) is 0 Å². The summed E-state index contributed by atoms with van der Waals surface area (Å²) in [5, 5.41) is 10.6. The van der Waals surface area contributed by atoms with Gasteiger partial charge in [0, 0.05) is 25.7 Å². The fourth-order valence-corrected chi connectivity index (χ4v) is 12.2. The Labute approximate surface area is 549 Å². The van der Waals surface area contributed by atoms with Crippen molar-refractivity contribution in [2.75, 3.05) is 39.6 Å². The number of carbonyl (C=O) groups excluding carboxylic acids is 4. The predicted octanol–water partition coefficient (Wildman–Crippen LogP) is 20.1. The van der Waals surface area contributed by atoms with Gasteiger partial charge in [-0.15, -0.1) is 0 Å². The van der Waals surface area contributed by atoms with Gasteiger partial charge in [0.1, 0.15) is 19.3 Å². The highest BCUT2D eigenvalue weighted by atomic mass is 31.2. The summed E-state index contributed by atoms with van der Waals surface area (Å²) in [4.78, 5) is 72.5. The molecular formula is C71H138O17P2. The molecule has 19 heteroatoms. The first-order chi connectivity index (χ1) is 43.1.